The van der Waals surface area contributed by atoms with E-state index >= 15 is 0 Å². The number of para-hydroxylation sites is 1. The van der Waals surface area contributed by atoms with Crippen molar-refractivity contribution in [1.82, 2.24) is 4.98 Å². The number of thioether (sulfide) groups is 1. The molecule has 33 heavy (non-hydrogen) atoms. The fraction of sp³-hybridized carbons (Fsp3) is 0.0769. The highest BCUT2D eigenvalue weighted by atomic mass is 32.2. The Balaban J connectivity index is 1.44. The lowest BCUT2D eigenvalue weighted by atomic mass is 10.2. The Morgan fingerprint density at radius 1 is 1.00 bits per heavy atom. The van der Waals surface area contributed by atoms with E-state index in [1.54, 1.807) is 47.2 Å². The van der Waals surface area contributed by atoms with E-state index in [1.165, 1.54) is 11.3 Å². The molecule has 5 aromatic rings. The van der Waals surface area contributed by atoms with Gasteiger partial charge in [0, 0.05) is 10.5 Å². The number of furan rings is 1. The van der Waals surface area contributed by atoms with Gasteiger partial charge >= 0.3 is 0 Å². The first-order valence-corrected chi connectivity index (χ1v) is 12.4. The van der Waals surface area contributed by atoms with E-state index in [0.29, 0.717) is 28.7 Å². The van der Waals surface area contributed by atoms with Crippen LogP contribution in [0.5, 0.6) is 11.5 Å². The van der Waals surface area contributed by atoms with Gasteiger partial charge in [0.05, 0.1) is 23.0 Å². The van der Waals surface area contributed by atoms with Gasteiger partial charge < -0.3 is 9.15 Å². The van der Waals surface area contributed by atoms with E-state index in [0.717, 1.165) is 20.9 Å². The van der Waals surface area contributed by atoms with Crippen LogP contribution in [-0.4, -0.2) is 17.1 Å². The number of rotatable bonds is 7. The molecule has 5 nitrogen and oxygen atoms in total. The molecule has 7 heteroatoms. The Hall–Kier alpha value is -3.55. The molecule has 2 aromatic heterocycles. The van der Waals surface area contributed by atoms with Crippen LogP contribution in [-0.2, 0) is 6.54 Å². The third kappa shape index (κ3) is 4.79. The quantitative estimate of drug-likeness (QED) is 0.234. The number of aromatic nitrogens is 1. The van der Waals surface area contributed by atoms with Crippen LogP contribution >= 0.6 is 23.1 Å². The topological polar surface area (TPSA) is 55.6 Å². The number of hydrogen-bond acceptors (Lipinski definition) is 6. The highest BCUT2D eigenvalue weighted by Crippen LogP contribution is 2.33. The van der Waals surface area contributed by atoms with Crippen molar-refractivity contribution in [2.45, 2.75) is 11.4 Å². The second-order valence-electron chi connectivity index (χ2n) is 7.24. The van der Waals surface area contributed by atoms with Gasteiger partial charge in [-0.15, -0.1) is 11.8 Å². The van der Waals surface area contributed by atoms with Crippen molar-refractivity contribution < 1.29 is 13.9 Å². The van der Waals surface area contributed by atoms with Gasteiger partial charge in [0.25, 0.3) is 5.91 Å². The number of benzene rings is 3. The number of hydrogen-bond donors (Lipinski definition) is 0. The molecule has 0 fully saturated rings. The SMILES string of the molecule is CSc1ccc2nc(N(Cc3ccco3)C(=O)c3ccc(Oc4ccccc4)cc3)sc2c1. The molecule has 0 radical (unpaired) electrons. The summed E-state index contributed by atoms with van der Waals surface area (Å²) in [5, 5.41) is 0.634. The van der Waals surface area contributed by atoms with Crippen molar-refractivity contribution in [3.63, 3.8) is 0 Å². The van der Waals surface area contributed by atoms with E-state index in [2.05, 4.69) is 6.07 Å². The Morgan fingerprint density at radius 2 is 1.79 bits per heavy atom. The maximum atomic E-state index is 13.5. The first-order valence-electron chi connectivity index (χ1n) is 10.3. The highest BCUT2D eigenvalue weighted by Gasteiger charge is 2.23. The smallest absolute Gasteiger partial charge is 0.260 e. The van der Waals surface area contributed by atoms with Crippen molar-refractivity contribution in [3.05, 3.63) is 103 Å². The molecular formula is C26H20N2O3S2. The predicted octanol–water partition coefficient (Wildman–Crippen LogP) is 7.25. The maximum absolute atomic E-state index is 13.5. The van der Waals surface area contributed by atoms with Crippen LogP contribution in [0.3, 0.4) is 0 Å². The largest absolute Gasteiger partial charge is 0.467 e. The van der Waals surface area contributed by atoms with Gasteiger partial charge in [-0.1, -0.05) is 29.5 Å². The summed E-state index contributed by atoms with van der Waals surface area (Å²) >= 11 is 3.18. The van der Waals surface area contributed by atoms with Crippen LogP contribution in [0.25, 0.3) is 10.2 Å². The van der Waals surface area contributed by atoms with Gasteiger partial charge in [-0.25, -0.2) is 4.98 Å². The third-order valence-corrected chi connectivity index (χ3v) is 6.80. The van der Waals surface area contributed by atoms with Crippen LogP contribution in [0.1, 0.15) is 16.1 Å². The average Bonchev–Trinajstić information content (AvgIpc) is 3.52. The summed E-state index contributed by atoms with van der Waals surface area (Å²) in [4.78, 5) is 21.1. The minimum Gasteiger partial charge on any atom is -0.467 e. The predicted molar refractivity (Wildman–Crippen MR) is 134 cm³/mol. The normalized spacial score (nSPS) is 10.9. The molecule has 0 unspecified atom stereocenters. The molecule has 0 saturated heterocycles. The molecule has 0 bridgehead atoms. The zero-order valence-corrected chi connectivity index (χ0v) is 19.4. The number of nitrogens with zero attached hydrogens (tertiary/aromatic N) is 2. The minimum absolute atomic E-state index is 0.151. The van der Waals surface area contributed by atoms with Crippen LogP contribution in [0.2, 0.25) is 0 Å². The summed E-state index contributed by atoms with van der Waals surface area (Å²) < 4.78 is 12.4. The lowest BCUT2D eigenvalue weighted by molar-refractivity contribution is 0.0983. The molecule has 0 aliphatic carbocycles. The summed E-state index contributed by atoms with van der Waals surface area (Å²) in [6, 6.07) is 26.5. The second kappa shape index (κ2) is 9.52. The van der Waals surface area contributed by atoms with Crippen LogP contribution < -0.4 is 9.64 Å². The van der Waals surface area contributed by atoms with Gasteiger partial charge in [0.15, 0.2) is 5.13 Å². The van der Waals surface area contributed by atoms with Gasteiger partial charge in [0.2, 0.25) is 0 Å². The number of carbonyl (C=O) groups is 1. The second-order valence-corrected chi connectivity index (χ2v) is 9.13. The number of anilines is 1. The molecule has 2 heterocycles. The number of amides is 1. The van der Waals surface area contributed by atoms with Gasteiger partial charge in [-0.05, 0) is 73.0 Å². The van der Waals surface area contributed by atoms with Gasteiger partial charge in [-0.2, -0.15) is 0 Å². The average molecular weight is 473 g/mol. The molecule has 164 valence electrons. The Bertz CT molecular complexity index is 1360. The zero-order chi connectivity index (χ0) is 22.6. The van der Waals surface area contributed by atoms with Gasteiger partial charge in [0.1, 0.15) is 17.3 Å². The Morgan fingerprint density at radius 3 is 2.52 bits per heavy atom. The summed E-state index contributed by atoms with van der Waals surface area (Å²) in [7, 11) is 0. The van der Waals surface area contributed by atoms with Crippen LogP contribution in [0.15, 0.2) is 101 Å². The molecule has 0 spiro atoms. The van der Waals surface area contributed by atoms with E-state index in [9.17, 15) is 4.79 Å². The molecule has 0 aliphatic heterocycles. The summed E-state index contributed by atoms with van der Waals surface area (Å²) in [5.41, 5.74) is 1.42. The third-order valence-electron chi connectivity index (χ3n) is 5.03. The van der Waals surface area contributed by atoms with E-state index < -0.39 is 0 Å². The minimum atomic E-state index is -0.151. The fourth-order valence-corrected chi connectivity index (χ4v) is 4.88. The lowest BCUT2D eigenvalue weighted by Crippen LogP contribution is -2.30. The van der Waals surface area contributed by atoms with Crippen molar-refractivity contribution in [2.24, 2.45) is 0 Å². The first kappa shape index (κ1) is 21.3. The summed E-state index contributed by atoms with van der Waals surface area (Å²) in [6.45, 7) is 0.295. The molecule has 0 aliphatic rings. The fourth-order valence-electron chi connectivity index (χ4n) is 3.37. The van der Waals surface area contributed by atoms with Crippen molar-refractivity contribution in [2.75, 3.05) is 11.2 Å². The van der Waals surface area contributed by atoms with E-state index in [4.69, 9.17) is 14.1 Å². The highest BCUT2D eigenvalue weighted by molar-refractivity contribution is 7.98. The number of ether oxygens (including phenoxy) is 1. The summed E-state index contributed by atoms with van der Waals surface area (Å²) in [6.07, 6.45) is 3.65. The number of thiazole rings is 1. The molecule has 0 atom stereocenters. The van der Waals surface area contributed by atoms with Crippen molar-refractivity contribution in [1.29, 1.82) is 0 Å². The van der Waals surface area contributed by atoms with Crippen LogP contribution in [0.4, 0.5) is 5.13 Å². The molecule has 0 saturated carbocycles. The maximum Gasteiger partial charge on any atom is 0.260 e. The summed E-state index contributed by atoms with van der Waals surface area (Å²) in [5.74, 6) is 1.95. The Labute approximate surface area is 199 Å². The van der Waals surface area contributed by atoms with Crippen molar-refractivity contribution >= 4 is 44.4 Å². The van der Waals surface area contributed by atoms with E-state index in [1.807, 2.05) is 60.9 Å². The molecule has 3 aromatic carbocycles. The zero-order valence-electron chi connectivity index (χ0n) is 17.8. The standard InChI is InChI=1S/C26H20N2O3S2/c1-32-22-13-14-23-24(16-22)33-26(27-23)28(17-21-8-5-15-30-21)25(29)18-9-11-20(12-10-18)31-19-6-3-2-4-7-19/h2-16H,17H2,1H3. The number of fused-ring (bicyclic) bond motifs is 1. The monoisotopic (exact) mass is 472 g/mol. The number of carbonyl (C=O) groups excluding carboxylic acids is 1. The lowest BCUT2D eigenvalue weighted by Gasteiger charge is -2.19. The molecule has 1 amide bonds. The molecule has 5 rings (SSSR count). The first-order chi connectivity index (χ1) is 16.2. The van der Waals surface area contributed by atoms with Crippen LogP contribution in [0, 0.1) is 0 Å². The van der Waals surface area contributed by atoms with E-state index in [-0.39, 0.29) is 5.91 Å². The van der Waals surface area contributed by atoms with Gasteiger partial charge in [-0.3, -0.25) is 9.69 Å². The molecular weight excluding hydrogens is 452 g/mol. The Kier molecular flexibility index (Phi) is 6.15. The van der Waals surface area contributed by atoms with Crippen molar-refractivity contribution in [3.8, 4) is 11.5 Å². The molecule has 0 N–H and O–H groups in total.